The van der Waals surface area contributed by atoms with Crippen LogP contribution >= 0.6 is 24.0 Å². The van der Waals surface area contributed by atoms with Crippen molar-refractivity contribution in [1.29, 1.82) is 0 Å². The highest BCUT2D eigenvalue weighted by Crippen LogP contribution is 2.19. The third kappa shape index (κ3) is 7.13. The third-order valence-corrected chi connectivity index (χ3v) is 5.99. The van der Waals surface area contributed by atoms with E-state index in [0.29, 0.717) is 18.0 Å². The summed E-state index contributed by atoms with van der Waals surface area (Å²) in [5.74, 6) is 1.65. The number of ether oxygens (including phenoxy) is 1. The standard InChI is InChI=1S/C19H39N5O.HI/c1-5-16(6-2)18(24-10-12-25-13-11-24)15-22-19(20-3)21-14-17-8-7-9-23(17)4;/h16-18H,5-15H2,1-4H3,(H2,20,21,22);1H. The molecule has 26 heavy (non-hydrogen) atoms. The van der Waals surface area contributed by atoms with E-state index in [9.17, 15) is 0 Å². The maximum absolute atomic E-state index is 5.55. The summed E-state index contributed by atoms with van der Waals surface area (Å²) in [5, 5.41) is 7.12. The summed E-state index contributed by atoms with van der Waals surface area (Å²) in [6.07, 6.45) is 5.03. The van der Waals surface area contributed by atoms with Gasteiger partial charge in [-0.3, -0.25) is 9.89 Å². The normalized spacial score (nSPS) is 23.7. The highest BCUT2D eigenvalue weighted by Gasteiger charge is 2.27. The van der Waals surface area contributed by atoms with Gasteiger partial charge in [0.25, 0.3) is 0 Å². The van der Waals surface area contributed by atoms with E-state index in [-0.39, 0.29) is 24.0 Å². The molecular weight excluding hydrogens is 441 g/mol. The van der Waals surface area contributed by atoms with Crippen LogP contribution in [0.25, 0.3) is 0 Å². The minimum absolute atomic E-state index is 0. The molecule has 0 aliphatic carbocycles. The SMILES string of the molecule is CCC(CC)C(CNC(=NC)NCC1CCCN1C)N1CCOCC1.I. The number of rotatable bonds is 8. The molecule has 0 spiro atoms. The van der Waals surface area contributed by atoms with E-state index >= 15 is 0 Å². The first-order valence-corrected chi connectivity index (χ1v) is 10.2. The third-order valence-electron chi connectivity index (χ3n) is 5.99. The van der Waals surface area contributed by atoms with Crippen molar-refractivity contribution >= 4 is 29.9 Å². The molecule has 0 radical (unpaired) electrons. The van der Waals surface area contributed by atoms with Crippen LogP contribution in [0.1, 0.15) is 39.5 Å². The van der Waals surface area contributed by atoms with Crippen molar-refractivity contribution in [1.82, 2.24) is 20.4 Å². The molecule has 0 amide bonds. The van der Waals surface area contributed by atoms with E-state index in [0.717, 1.165) is 45.4 Å². The van der Waals surface area contributed by atoms with Crippen molar-refractivity contribution in [3.8, 4) is 0 Å². The molecule has 6 nitrogen and oxygen atoms in total. The number of hydrogen-bond donors (Lipinski definition) is 2. The lowest BCUT2D eigenvalue weighted by Gasteiger charge is -2.39. The van der Waals surface area contributed by atoms with Gasteiger partial charge in [-0.05, 0) is 32.4 Å². The molecule has 2 atom stereocenters. The maximum atomic E-state index is 5.55. The zero-order valence-electron chi connectivity index (χ0n) is 17.2. The Morgan fingerprint density at radius 1 is 1.15 bits per heavy atom. The molecule has 2 saturated heterocycles. The van der Waals surface area contributed by atoms with E-state index < -0.39 is 0 Å². The lowest BCUT2D eigenvalue weighted by Crippen LogP contribution is -2.54. The molecule has 2 aliphatic heterocycles. The Balaban J connectivity index is 0.00000338. The first kappa shape index (κ1) is 23.9. The van der Waals surface area contributed by atoms with Crippen LogP contribution in [-0.4, -0.2) is 87.9 Å². The van der Waals surface area contributed by atoms with Gasteiger partial charge in [0.2, 0.25) is 0 Å². The molecule has 0 aromatic carbocycles. The summed E-state index contributed by atoms with van der Waals surface area (Å²) in [7, 11) is 4.09. The molecule has 154 valence electrons. The summed E-state index contributed by atoms with van der Waals surface area (Å²) < 4.78 is 5.55. The van der Waals surface area contributed by atoms with Crippen molar-refractivity contribution in [3.05, 3.63) is 0 Å². The van der Waals surface area contributed by atoms with Crippen LogP contribution in [0.15, 0.2) is 4.99 Å². The monoisotopic (exact) mass is 481 g/mol. The fourth-order valence-corrected chi connectivity index (χ4v) is 4.21. The number of hydrogen-bond acceptors (Lipinski definition) is 4. The number of guanidine groups is 1. The van der Waals surface area contributed by atoms with E-state index in [4.69, 9.17) is 4.74 Å². The number of nitrogens with one attached hydrogen (secondary N) is 2. The van der Waals surface area contributed by atoms with Crippen LogP contribution in [0.5, 0.6) is 0 Å². The topological polar surface area (TPSA) is 52.1 Å². The predicted molar refractivity (Wildman–Crippen MR) is 121 cm³/mol. The fraction of sp³-hybridized carbons (Fsp3) is 0.947. The molecule has 2 aliphatic rings. The van der Waals surface area contributed by atoms with Crippen LogP contribution in [0.4, 0.5) is 0 Å². The number of likely N-dealkylation sites (tertiary alicyclic amines) is 1. The summed E-state index contributed by atoms with van der Waals surface area (Å²) in [6, 6.07) is 1.18. The number of likely N-dealkylation sites (N-methyl/N-ethyl adjacent to an activating group) is 1. The number of halogens is 1. The molecule has 2 N–H and O–H groups in total. The van der Waals surface area contributed by atoms with Crippen molar-refractivity contribution in [2.24, 2.45) is 10.9 Å². The smallest absolute Gasteiger partial charge is 0.191 e. The molecule has 0 aromatic rings. The van der Waals surface area contributed by atoms with Gasteiger partial charge in [0, 0.05) is 45.3 Å². The van der Waals surface area contributed by atoms with Crippen molar-refractivity contribution in [2.75, 3.05) is 60.0 Å². The van der Waals surface area contributed by atoms with Gasteiger partial charge >= 0.3 is 0 Å². The zero-order valence-corrected chi connectivity index (χ0v) is 19.5. The fourth-order valence-electron chi connectivity index (χ4n) is 4.21. The molecule has 7 heteroatoms. The second kappa shape index (κ2) is 13.1. The molecule has 2 rings (SSSR count). The second-order valence-electron chi connectivity index (χ2n) is 7.40. The van der Waals surface area contributed by atoms with Gasteiger partial charge in [0.05, 0.1) is 13.2 Å². The van der Waals surface area contributed by atoms with Crippen LogP contribution in [-0.2, 0) is 4.74 Å². The van der Waals surface area contributed by atoms with Crippen molar-refractivity contribution in [3.63, 3.8) is 0 Å². The molecule has 2 fully saturated rings. The maximum Gasteiger partial charge on any atom is 0.191 e. The molecule has 0 saturated carbocycles. The van der Waals surface area contributed by atoms with Gasteiger partial charge in [-0.1, -0.05) is 26.7 Å². The van der Waals surface area contributed by atoms with Crippen LogP contribution in [0.2, 0.25) is 0 Å². The van der Waals surface area contributed by atoms with Crippen LogP contribution < -0.4 is 10.6 Å². The molecule has 0 aromatic heterocycles. The summed E-state index contributed by atoms with van der Waals surface area (Å²) in [4.78, 5) is 9.48. The Labute approximate surface area is 177 Å². The van der Waals surface area contributed by atoms with E-state index in [2.05, 4.69) is 46.3 Å². The highest BCUT2D eigenvalue weighted by atomic mass is 127. The first-order valence-electron chi connectivity index (χ1n) is 10.2. The average molecular weight is 481 g/mol. The highest BCUT2D eigenvalue weighted by molar-refractivity contribution is 14.0. The van der Waals surface area contributed by atoms with E-state index in [1.54, 1.807) is 0 Å². The Bertz CT molecular complexity index is 399. The van der Waals surface area contributed by atoms with Gasteiger partial charge in [-0.15, -0.1) is 24.0 Å². The molecule has 2 heterocycles. The van der Waals surface area contributed by atoms with Crippen LogP contribution in [0, 0.1) is 5.92 Å². The minimum Gasteiger partial charge on any atom is -0.379 e. The average Bonchev–Trinajstić information content (AvgIpc) is 3.06. The lowest BCUT2D eigenvalue weighted by atomic mass is 9.92. The van der Waals surface area contributed by atoms with Crippen LogP contribution in [0.3, 0.4) is 0 Å². The van der Waals surface area contributed by atoms with Crippen molar-refractivity contribution in [2.45, 2.75) is 51.6 Å². The Kier molecular flexibility index (Phi) is 12.1. The molecule has 2 unspecified atom stereocenters. The second-order valence-corrected chi connectivity index (χ2v) is 7.40. The number of aliphatic imine (C=N–C) groups is 1. The minimum atomic E-state index is 0. The quantitative estimate of drug-likeness (QED) is 0.316. The van der Waals surface area contributed by atoms with E-state index in [1.165, 1.54) is 32.2 Å². The number of morpholine rings is 1. The largest absolute Gasteiger partial charge is 0.379 e. The Morgan fingerprint density at radius 2 is 1.85 bits per heavy atom. The summed E-state index contributed by atoms with van der Waals surface area (Å²) in [5.41, 5.74) is 0. The first-order chi connectivity index (χ1) is 12.2. The molecule has 0 bridgehead atoms. The van der Waals surface area contributed by atoms with E-state index in [1.807, 2.05) is 7.05 Å². The summed E-state index contributed by atoms with van der Waals surface area (Å²) in [6.45, 7) is 11.6. The van der Waals surface area contributed by atoms with Gasteiger partial charge < -0.3 is 20.3 Å². The lowest BCUT2D eigenvalue weighted by molar-refractivity contribution is 0.00272. The van der Waals surface area contributed by atoms with Gasteiger partial charge in [0.1, 0.15) is 0 Å². The zero-order chi connectivity index (χ0) is 18.1. The Hall–Kier alpha value is -0.120. The summed E-state index contributed by atoms with van der Waals surface area (Å²) >= 11 is 0. The predicted octanol–water partition coefficient (Wildman–Crippen LogP) is 2.00. The van der Waals surface area contributed by atoms with Crippen molar-refractivity contribution < 1.29 is 4.74 Å². The molecular formula is C19H40IN5O. The van der Waals surface area contributed by atoms with Gasteiger partial charge in [0.15, 0.2) is 5.96 Å². The van der Waals surface area contributed by atoms with Gasteiger partial charge in [-0.25, -0.2) is 0 Å². The number of nitrogens with zero attached hydrogens (tertiary/aromatic N) is 3. The van der Waals surface area contributed by atoms with Gasteiger partial charge in [-0.2, -0.15) is 0 Å². The Morgan fingerprint density at radius 3 is 2.38 bits per heavy atom.